The summed E-state index contributed by atoms with van der Waals surface area (Å²) in [6.45, 7) is 2.92. The fraction of sp³-hybridized carbons (Fsp3) is 0.538. The third-order valence-electron chi connectivity index (χ3n) is 3.24. The van der Waals surface area contributed by atoms with Crippen LogP contribution in [-0.2, 0) is 0 Å². The predicted molar refractivity (Wildman–Crippen MR) is 61.9 cm³/mol. The summed E-state index contributed by atoms with van der Waals surface area (Å²) in [5.41, 5.74) is 0.636. The van der Waals surface area contributed by atoms with Gasteiger partial charge in [0.25, 0.3) is 0 Å². The Morgan fingerprint density at radius 2 is 1.94 bits per heavy atom. The van der Waals surface area contributed by atoms with Crippen molar-refractivity contribution in [3.8, 4) is 0 Å². The molecule has 1 saturated heterocycles. The minimum Gasteiger partial charge on any atom is -0.396 e. The number of likely N-dealkylation sites (tertiary alicyclic amines) is 1. The van der Waals surface area contributed by atoms with Gasteiger partial charge in [0.2, 0.25) is 0 Å². The van der Waals surface area contributed by atoms with Crippen LogP contribution in [0.25, 0.3) is 0 Å². The van der Waals surface area contributed by atoms with E-state index in [0.717, 1.165) is 19.6 Å². The van der Waals surface area contributed by atoms with Crippen LogP contribution >= 0.6 is 0 Å². The van der Waals surface area contributed by atoms with Crippen LogP contribution in [0.3, 0.4) is 0 Å². The normalized spacial score (nSPS) is 18.9. The van der Waals surface area contributed by atoms with Crippen LogP contribution in [0.2, 0.25) is 0 Å². The average Bonchev–Trinajstić information content (AvgIpc) is 2.80. The maximum Gasteiger partial charge on any atom is 0.126 e. The van der Waals surface area contributed by atoms with Crippen LogP contribution in [0.15, 0.2) is 24.3 Å². The highest BCUT2D eigenvalue weighted by molar-refractivity contribution is 5.22. The van der Waals surface area contributed by atoms with E-state index < -0.39 is 0 Å². The van der Waals surface area contributed by atoms with Gasteiger partial charge in [-0.1, -0.05) is 18.2 Å². The van der Waals surface area contributed by atoms with Gasteiger partial charge < -0.3 is 10.0 Å². The molecular formula is C13H18FNO. The summed E-state index contributed by atoms with van der Waals surface area (Å²) >= 11 is 0. The van der Waals surface area contributed by atoms with E-state index in [4.69, 9.17) is 0 Å². The third-order valence-corrected chi connectivity index (χ3v) is 3.24. The number of hydrogen-bond acceptors (Lipinski definition) is 2. The van der Waals surface area contributed by atoms with Gasteiger partial charge in [-0.25, -0.2) is 4.39 Å². The lowest BCUT2D eigenvalue weighted by atomic mass is 9.99. The van der Waals surface area contributed by atoms with Gasteiger partial charge in [-0.15, -0.1) is 0 Å². The second kappa shape index (κ2) is 5.41. The van der Waals surface area contributed by atoms with Crippen molar-refractivity contribution in [2.24, 2.45) is 0 Å². The van der Waals surface area contributed by atoms with E-state index in [2.05, 4.69) is 4.90 Å². The van der Waals surface area contributed by atoms with Crippen molar-refractivity contribution >= 4 is 0 Å². The zero-order chi connectivity index (χ0) is 11.4. The highest BCUT2D eigenvalue weighted by atomic mass is 19.1. The molecule has 1 aliphatic rings. The Labute approximate surface area is 95.7 Å². The van der Waals surface area contributed by atoms with Gasteiger partial charge in [-0.2, -0.15) is 0 Å². The molecule has 1 N–H and O–H groups in total. The number of benzene rings is 1. The van der Waals surface area contributed by atoms with Crippen molar-refractivity contribution in [3.63, 3.8) is 0 Å². The van der Waals surface area contributed by atoms with Crippen LogP contribution in [-0.4, -0.2) is 36.2 Å². The summed E-state index contributed by atoms with van der Waals surface area (Å²) in [6.07, 6.45) is 2.44. The van der Waals surface area contributed by atoms with Gasteiger partial charge in [0.05, 0.1) is 6.61 Å². The van der Waals surface area contributed by atoms with E-state index in [9.17, 15) is 9.50 Å². The quantitative estimate of drug-likeness (QED) is 0.844. The summed E-state index contributed by atoms with van der Waals surface area (Å²) in [5.74, 6) is -0.306. The second-order valence-corrected chi connectivity index (χ2v) is 4.41. The lowest BCUT2D eigenvalue weighted by Gasteiger charge is -2.22. The van der Waals surface area contributed by atoms with E-state index in [1.807, 2.05) is 6.07 Å². The van der Waals surface area contributed by atoms with Crippen molar-refractivity contribution < 1.29 is 9.50 Å². The van der Waals surface area contributed by atoms with Crippen molar-refractivity contribution in [1.82, 2.24) is 4.90 Å². The predicted octanol–water partition coefficient (Wildman–Crippen LogP) is 2.00. The monoisotopic (exact) mass is 223 g/mol. The van der Waals surface area contributed by atoms with Crippen LogP contribution in [0.5, 0.6) is 0 Å². The molecule has 1 aromatic rings. The zero-order valence-corrected chi connectivity index (χ0v) is 9.40. The number of hydrogen-bond donors (Lipinski definition) is 1. The molecule has 0 aliphatic carbocycles. The molecule has 1 aromatic carbocycles. The summed E-state index contributed by atoms with van der Waals surface area (Å²) in [4.78, 5) is 2.30. The Kier molecular flexibility index (Phi) is 3.91. The van der Waals surface area contributed by atoms with Crippen LogP contribution in [0.1, 0.15) is 24.3 Å². The number of aliphatic hydroxyl groups excluding tert-OH is 1. The summed E-state index contributed by atoms with van der Waals surface area (Å²) in [6, 6.07) is 6.74. The van der Waals surface area contributed by atoms with Crippen molar-refractivity contribution in [3.05, 3.63) is 35.6 Å². The van der Waals surface area contributed by atoms with E-state index in [0.29, 0.717) is 5.56 Å². The summed E-state index contributed by atoms with van der Waals surface area (Å²) < 4.78 is 13.6. The van der Waals surface area contributed by atoms with E-state index in [-0.39, 0.29) is 18.3 Å². The molecule has 3 heteroatoms. The van der Waals surface area contributed by atoms with Gasteiger partial charge in [-0.3, -0.25) is 0 Å². The minimum atomic E-state index is -0.208. The Morgan fingerprint density at radius 1 is 1.25 bits per heavy atom. The fourth-order valence-electron chi connectivity index (χ4n) is 2.34. The van der Waals surface area contributed by atoms with Crippen LogP contribution in [0, 0.1) is 5.82 Å². The number of halogens is 1. The zero-order valence-electron chi connectivity index (χ0n) is 9.40. The molecule has 2 rings (SSSR count). The highest BCUT2D eigenvalue weighted by Crippen LogP contribution is 2.21. The number of nitrogens with zero attached hydrogens (tertiary/aromatic N) is 1. The molecule has 0 bridgehead atoms. The van der Waals surface area contributed by atoms with Gasteiger partial charge in [0, 0.05) is 12.5 Å². The van der Waals surface area contributed by atoms with Gasteiger partial charge in [0.1, 0.15) is 5.82 Å². The fourth-order valence-corrected chi connectivity index (χ4v) is 2.34. The summed E-state index contributed by atoms with van der Waals surface area (Å²) in [5, 5.41) is 9.37. The van der Waals surface area contributed by atoms with E-state index in [1.165, 1.54) is 18.9 Å². The van der Waals surface area contributed by atoms with Crippen molar-refractivity contribution in [2.75, 3.05) is 26.2 Å². The lowest BCUT2D eigenvalue weighted by Crippen LogP contribution is -2.27. The number of rotatable bonds is 4. The van der Waals surface area contributed by atoms with Gasteiger partial charge >= 0.3 is 0 Å². The summed E-state index contributed by atoms with van der Waals surface area (Å²) in [7, 11) is 0. The average molecular weight is 223 g/mol. The molecule has 0 saturated carbocycles. The molecular weight excluding hydrogens is 205 g/mol. The van der Waals surface area contributed by atoms with Crippen molar-refractivity contribution in [1.29, 1.82) is 0 Å². The van der Waals surface area contributed by atoms with Gasteiger partial charge in [-0.05, 0) is 37.6 Å². The molecule has 1 aliphatic heterocycles. The highest BCUT2D eigenvalue weighted by Gasteiger charge is 2.20. The second-order valence-electron chi connectivity index (χ2n) is 4.41. The minimum absolute atomic E-state index is 0.0113. The number of aliphatic hydroxyl groups is 1. The molecule has 0 spiro atoms. The topological polar surface area (TPSA) is 23.5 Å². The van der Waals surface area contributed by atoms with E-state index in [1.54, 1.807) is 12.1 Å². The molecule has 16 heavy (non-hydrogen) atoms. The molecule has 0 amide bonds. The lowest BCUT2D eigenvalue weighted by molar-refractivity contribution is 0.218. The first kappa shape index (κ1) is 11.6. The Bertz CT molecular complexity index is 336. The molecule has 1 unspecified atom stereocenters. The molecule has 1 atom stereocenters. The van der Waals surface area contributed by atoms with E-state index >= 15 is 0 Å². The van der Waals surface area contributed by atoms with Crippen LogP contribution in [0.4, 0.5) is 4.39 Å². The molecule has 88 valence electrons. The SMILES string of the molecule is OCC(CN1CCCC1)c1ccccc1F. The van der Waals surface area contributed by atoms with Crippen LogP contribution < -0.4 is 0 Å². The smallest absolute Gasteiger partial charge is 0.126 e. The Morgan fingerprint density at radius 3 is 2.56 bits per heavy atom. The Hall–Kier alpha value is -0.930. The third kappa shape index (κ3) is 2.60. The molecule has 0 aromatic heterocycles. The van der Waals surface area contributed by atoms with Gasteiger partial charge in [0.15, 0.2) is 0 Å². The maximum atomic E-state index is 13.6. The molecule has 1 fully saturated rings. The molecule has 2 nitrogen and oxygen atoms in total. The first-order valence-electron chi connectivity index (χ1n) is 5.89. The molecule has 0 radical (unpaired) electrons. The first-order chi connectivity index (χ1) is 7.81. The Balaban J connectivity index is 2.06. The largest absolute Gasteiger partial charge is 0.396 e. The van der Waals surface area contributed by atoms with Crippen molar-refractivity contribution in [2.45, 2.75) is 18.8 Å². The standard InChI is InChI=1S/C13H18FNO/c14-13-6-2-1-5-12(13)11(10-16)9-15-7-3-4-8-15/h1-2,5-6,11,16H,3-4,7-10H2. The molecule has 1 heterocycles. The maximum absolute atomic E-state index is 13.6. The first-order valence-corrected chi connectivity index (χ1v) is 5.89.